The molecule has 1 saturated carbocycles. The second-order valence-corrected chi connectivity index (χ2v) is 6.29. The monoisotopic (exact) mass is 265 g/mol. The maximum absolute atomic E-state index is 5.97. The number of hydrogen-bond donors (Lipinski definition) is 1. The Bertz CT molecular complexity index is 380. The van der Waals surface area contributed by atoms with Gasteiger partial charge in [-0.1, -0.05) is 26.7 Å². The van der Waals surface area contributed by atoms with Gasteiger partial charge in [-0.3, -0.25) is 0 Å². The number of nitrogens with one attached hydrogen (secondary N) is 1. The molecule has 1 aromatic heterocycles. The van der Waals surface area contributed by atoms with Crippen molar-refractivity contribution >= 4 is 0 Å². The van der Waals surface area contributed by atoms with E-state index in [1.54, 1.807) is 0 Å². The van der Waals surface area contributed by atoms with Gasteiger partial charge in [0, 0.05) is 11.8 Å². The molecule has 1 aromatic rings. The van der Waals surface area contributed by atoms with E-state index in [1.165, 1.54) is 32.1 Å². The molecule has 2 rings (SSSR count). The number of aromatic nitrogens is 2. The third-order valence-corrected chi connectivity index (χ3v) is 4.10. The van der Waals surface area contributed by atoms with Gasteiger partial charge in [0.05, 0.1) is 0 Å². The van der Waals surface area contributed by atoms with Gasteiger partial charge in [-0.2, -0.15) is 0 Å². The average Bonchev–Trinajstić information content (AvgIpc) is 2.98. The number of hydrogen-bond acceptors (Lipinski definition) is 4. The van der Waals surface area contributed by atoms with Crippen molar-refractivity contribution in [1.29, 1.82) is 0 Å². The number of rotatable bonds is 7. The minimum absolute atomic E-state index is 0.169. The minimum Gasteiger partial charge on any atom is -0.425 e. The van der Waals surface area contributed by atoms with Crippen LogP contribution in [0.1, 0.15) is 64.2 Å². The van der Waals surface area contributed by atoms with Crippen LogP contribution in [0.25, 0.3) is 0 Å². The Balaban J connectivity index is 2.05. The highest BCUT2D eigenvalue weighted by atomic mass is 16.4. The standard InChI is InChI=1S/C15H27N3O/c1-12(2)11-15(8-4-5-9-15)14-18-17-13(19-14)7-6-10-16-3/h12,16H,4-11H2,1-3H3. The highest BCUT2D eigenvalue weighted by molar-refractivity contribution is 5.07. The van der Waals surface area contributed by atoms with Gasteiger partial charge < -0.3 is 9.73 Å². The van der Waals surface area contributed by atoms with E-state index in [0.29, 0.717) is 5.92 Å². The van der Waals surface area contributed by atoms with Crippen molar-refractivity contribution in [1.82, 2.24) is 15.5 Å². The van der Waals surface area contributed by atoms with Crippen molar-refractivity contribution < 1.29 is 4.42 Å². The second-order valence-electron chi connectivity index (χ2n) is 6.29. The molecule has 108 valence electrons. The van der Waals surface area contributed by atoms with E-state index < -0.39 is 0 Å². The normalized spacial score (nSPS) is 18.3. The van der Waals surface area contributed by atoms with Crippen molar-refractivity contribution in [2.45, 2.75) is 64.2 Å². The van der Waals surface area contributed by atoms with E-state index >= 15 is 0 Å². The SMILES string of the molecule is CNCCCc1nnc(C2(CC(C)C)CCCC2)o1. The molecule has 1 heterocycles. The smallest absolute Gasteiger partial charge is 0.222 e. The third-order valence-electron chi connectivity index (χ3n) is 4.10. The quantitative estimate of drug-likeness (QED) is 0.770. The molecule has 0 unspecified atom stereocenters. The van der Waals surface area contributed by atoms with Crippen LogP contribution in [0.2, 0.25) is 0 Å². The van der Waals surface area contributed by atoms with Crippen molar-refractivity contribution in [3.8, 4) is 0 Å². The van der Waals surface area contributed by atoms with Crippen LogP contribution in [0.3, 0.4) is 0 Å². The summed E-state index contributed by atoms with van der Waals surface area (Å²) in [5.41, 5.74) is 0.169. The van der Waals surface area contributed by atoms with Crippen molar-refractivity contribution in [2.24, 2.45) is 5.92 Å². The molecule has 4 nitrogen and oxygen atoms in total. The van der Waals surface area contributed by atoms with E-state index in [0.717, 1.165) is 31.2 Å². The van der Waals surface area contributed by atoms with Gasteiger partial charge in [0.15, 0.2) is 0 Å². The van der Waals surface area contributed by atoms with Crippen molar-refractivity contribution in [3.05, 3.63) is 11.8 Å². The van der Waals surface area contributed by atoms with Gasteiger partial charge in [-0.15, -0.1) is 10.2 Å². The minimum atomic E-state index is 0.169. The Morgan fingerprint density at radius 1 is 1.26 bits per heavy atom. The van der Waals surface area contributed by atoms with Gasteiger partial charge in [-0.25, -0.2) is 0 Å². The molecule has 0 spiro atoms. The molecule has 0 aliphatic heterocycles. The summed E-state index contributed by atoms with van der Waals surface area (Å²) in [6, 6.07) is 0. The molecule has 1 aliphatic rings. The summed E-state index contributed by atoms with van der Waals surface area (Å²) in [5.74, 6) is 2.39. The van der Waals surface area contributed by atoms with Crippen LogP contribution in [0.4, 0.5) is 0 Å². The van der Waals surface area contributed by atoms with E-state index in [4.69, 9.17) is 4.42 Å². The van der Waals surface area contributed by atoms with E-state index in [-0.39, 0.29) is 5.41 Å². The third kappa shape index (κ3) is 3.56. The molecule has 1 aliphatic carbocycles. The Hall–Kier alpha value is -0.900. The second kappa shape index (κ2) is 6.51. The summed E-state index contributed by atoms with van der Waals surface area (Å²) in [6.07, 6.45) is 8.12. The first-order chi connectivity index (χ1) is 9.16. The molecule has 0 saturated heterocycles. The Morgan fingerprint density at radius 2 is 2.00 bits per heavy atom. The Morgan fingerprint density at radius 3 is 2.63 bits per heavy atom. The molecule has 1 fully saturated rings. The van der Waals surface area contributed by atoms with Gasteiger partial charge in [0.1, 0.15) is 0 Å². The molecule has 4 heteroatoms. The van der Waals surface area contributed by atoms with Crippen LogP contribution in [-0.2, 0) is 11.8 Å². The zero-order valence-electron chi connectivity index (χ0n) is 12.5. The summed E-state index contributed by atoms with van der Waals surface area (Å²) in [4.78, 5) is 0. The van der Waals surface area contributed by atoms with Gasteiger partial charge >= 0.3 is 0 Å². The molecule has 0 aromatic carbocycles. The van der Waals surface area contributed by atoms with Gasteiger partial charge in [0.25, 0.3) is 0 Å². The lowest BCUT2D eigenvalue weighted by Gasteiger charge is -2.26. The van der Waals surface area contributed by atoms with Crippen LogP contribution in [0.15, 0.2) is 4.42 Å². The first kappa shape index (κ1) is 14.5. The Labute approximate surface area is 116 Å². The predicted molar refractivity (Wildman–Crippen MR) is 76.1 cm³/mol. The molecular formula is C15H27N3O. The number of aryl methyl sites for hydroxylation is 1. The van der Waals surface area contributed by atoms with Gasteiger partial charge in [-0.05, 0) is 45.2 Å². The molecule has 1 N–H and O–H groups in total. The molecule has 0 radical (unpaired) electrons. The zero-order chi connectivity index (χ0) is 13.7. The zero-order valence-corrected chi connectivity index (χ0v) is 12.5. The number of nitrogens with zero attached hydrogens (tertiary/aromatic N) is 2. The van der Waals surface area contributed by atoms with Crippen LogP contribution >= 0.6 is 0 Å². The Kier molecular flexibility index (Phi) is 4.97. The van der Waals surface area contributed by atoms with Crippen molar-refractivity contribution in [2.75, 3.05) is 13.6 Å². The summed E-state index contributed by atoms with van der Waals surface area (Å²) in [7, 11) is 1.97. The van der Waals surface area contributed by atoms with E-state index in [1.807, 2.05) is 7.05 Å². The topological polar surface area (TPSA) is 51.0 Å². The average molecular weight is 265 g/mol. The maximum Gasteiger partial charge on any atom is 0.222 e. The molecular weight excluding hydrogens is 238 g/mol. The first-order valence-electron chi connectivity index (χ1n) is 7.64. The highest BCUT2D eigenvalue weighted by Gasteiger charge is 2.40. The molecule has 0 bridgehead atoms. The highest BCUT2D eigenvalue weighted by Crippen LogP contribution is 2.44. The largest absolute Gasteiger partial charge is 0.425 e. The lowest BCUT2D eigenvalue weighted by Crippen LogP contribution is -2.24. The fraction of sp³-hybridized carbons (Fsp3) is 0.867. The summed E-state index contributed by atoms with van der Waals surface area (Å²) in [5, 5.41) is 11.7. The summed E-state index contributed by atoms with van der Waals surface area (Å²) in [6.45, 7) is 5.56. The summed E-state index contributed by atoms with van der Waals surface area (Å²) >= 11 is 0. The van der Waals surface area contributed by atoms with Crippen LogP contribution in [0, 0.1) is 5.92 Å². The van der Waals surface area contributed by atoms with Crippen LogP contribution in [0.5, 0.6) is 0 Å². The van der Waals surface area contributed by atoms with Crippen LogP contribution < -0.4 is 5.32 Å². The molecule has 0 atom stereocenters. The fourth-order valence-corrected chi connectivity index (χ4v) is 3.32. The summed E-state index contributed by atoms with van der Waals surface area (Å²) < 4.78 is 5.97. The van der Waals surface area contributed by atoms with E-state index in [2.05, 4.69) is 29.4 Å². The fourth-order valence-electron chi connectivity index (χ4n) is 3.32. The maximum atomic E-state index is 5.97. The molecule has 19 heavy (non-hydrogen) atoms. The lowest BCUT2D eigenvalue weighted by atomic mass is 9.78. The predicted octanol–water partition coefficient (Wildman–Crippen LogP) is 3.08. The lowest BCUT2D eigenvalue weighted by molar-refractivity contribution is 0.267. The van der Waals surface area contributed by atoms with E-state index in [9.17, 15) is 0 Å². The first-order valence-corrected chi connectivity index (χ1v) is 7.64. The van der Waals surface area contributed by atoms with Crippen LogP contribution in [-0.4, -0.2) is 23.8 Å². The molecule has 0 amide bonds. The van der Waals surface area contributed by atoms with Crippen molar-refractivity contribution in [3.63, 3.8) is 0 Å². The van der Waals surface area contributed by atoms with Gasteiger partial charge in [0.2, 0.25) is 11.8 Å².